The Kier molecular flexibility index (Phi) is 4.11. The Labute approximate surface area is 115 Å². The van der Waals surface area contributed by atoms with Gasteiger partial charge in [-0.05, 0) is 5.92 Å². The van der Waals surface area contributed by atoms with Crippen LogP contribution in [0.15, 0.2) is 30.3 Å². The number of aliphatic carboxylic acids is 1. The monoisotopic (exact) mass is 277 g/mol. The number of benzene rings is 1. The van der Waals surface area contributed by atoms with E-state index in [1.807, 2.05) is 44.2 Å². The number of carbonyl (C=O) groups is 1. The largest absolute Gasteiger partial charge is 0.480 e. The van der Waals surface area contributed by atoms with E-state index < -0.39 is 12.0 Å². The first-order valence-corrected chi connectivity index (χ1v) is 6.73. The van der Waals surface area contributed by atoms with Crippen LogP contribution in [0.4, 0.5) is 5.13 Å². The first-order chi connectivity index (χ1) is 9.08. The minimum absolute atomic E-state index is 0.0263. The molecule has 1 atom stereocenters. The summed E-state index contributed by atoms with van der Waals surface area (Å²) in [4.78, 5) is 15.4. The van der Waals surface area contributed by atoms with Gasteiger partial charge >= 0.3 is 5.97 Å². The third-order valence-corrected chi connectivity index (χ3v) is 3.32. The van der Waals surface area contributed by atoms with Crippen LogP contribution >= 0.6 is 11.5 Å². The highest BCUT2D eigenvalue weighted by molar-refractivity contribution is 7.09. The van der Waals surface area contributed by atoms with Gasteiger partial charge < -0.3 is 10.4 Å². The van der Waals surface area contributed by atoms with E-state index in [1.165, 1.54) is 11.5 Å². The highest BCUT2D eigenvalue weighted by Crippen LogP contribution is 2.22. The zero-order valence-corrected chi connectivity index (χ0v) is 11.5. The normalized spacial score (nSPS) is 12.4. The van der Waals surface area contributed by atoms with Gasteiger partial charge in [0.1, 0.15) is 6.04 Å². The van der Waals surface area contributed by atoms with Crippen LogP contribution in [0, 0.1) is 5.92 Å². The molecule has 1 aromatic heterocycles. The standard InChI is InChI=1S/C13H15N3O2S/c1-8(2)10(12(17)18)14-13-15-11(16-19-13)9-6-4-3-5-7-9/h3-8,10H,1-2H3,(H,17,18)(H,14,15,16)/t10-/m0/s1. The highest BCUT2D eigenvalue weighted by atomic mass is 32.1. The van der Waals surface area contributed by atoms with E-state index in [9.17, 15) is 4.79 Å². The molecule has 0 aliphatic carbocycles. The van der Waals surface area contributed by atoms with Crippen molar-refractivity contribution in [2.24, 2.45) is 5.92 Å². The molecule has 0 spiro atoms. The third kappa shape index (κ3) is 3.29. The number of hydrogen-bond acceptors (Lipinski definition) is 5. The van der Waals surface area contributed by atoms with Crippen molar-refractivity contribution in [1.82, 2.24) is 9.36 Å². The third-order valence-electron chi connectivity index (χ3n) is 2.67. The van der Waals surface area contributed by atoms with Crippen LogP contribution in [0.2, 0.25) is 0 Å². The van der Waals surface area contributed by atoms with Crippen LogP contribution in [0.3, 0.4) is 0 Å². The maximum absolute atomic E-state index is 11.1. The maximum Gasteiger partial charge on any atom is 0.326 e. The van der Waals surface area contributed by atoms with Crippen LogP contribution in [0.25, 0.3) is 11.4 Å². The number of carboxylic acids is 1. The Morgan fingerprint density at radius 3 is 2.58 bits per heavy atom. The molecule has 2 N–H and O–H groups in total. The van der Waals surface area contributed by atoms with Gasteiger partial charge in [-0.2, -0.15) is 9.36 Å². The van der Waals surface area contributed by atoms with E-state index in [0.717, 1.165) is 5.56 Å². The van der Waals surface area contributed by atoms with Gasteiger partial charge in [0.25, 0.3) is 0 Å². The van der Waals surface area contributed by atoms with Crippen LogP contribution < -0.4 is 5.32 Å². The Hall–Kier alpha value is -1.95. The molecule has 0 amide bonds. The number of rotatable bonds is 5. The molecule has 5 nitrogen and oxygen atoms in total. The molecular formula is C13H15N3O2S. The van der Waals surface area contributed by atoms with E-state index >= 15 is 0 Å². The van der Waals surface area contributed by atoms with Crippen molar-refractivity contribution in [2.75, 3.05) is 5.32 Å². The predicted molar refractivity (Wildman–Crippen MR) is 75.2 cm³/mol. The summed E-state index contributed by atoms with van der Waals surface area (Å²) in [6, 6.07) is 8.94. The lowest BCUT2D eigenvalue weighted by atomic mass is 10.1. The zero-order chi connectivity index (χ0) is 13.8. The lowest BCUT2D eigenvalue weighted by molar-refractivity contribution is -0.138. The summed E-state index contributed by atoms with van der Waals surface area (Å²) in [5.74, 6) is -0.297. The van der Waals surface area contributed by atoms with Crippen molar-refractivity contribution in [3.63, 3.8) is 0 Å². The average Bonchev–Trinajstić information content (AvgIpc) is 2.85. The number of nitrogens with one attached hydrogen (secondary N) is 1. The van der Waals surface area contributed by atoms with Crippen LogP contribution in [0.1, 0.15) is 13.8 Å². The molecule has 0 saturated carbocycles. The van der Waals surface area contributed by atoms with Gasteiger partial charge in [0, 0.05) is 17.1 Å². The average molecular weight is 277 g/mol. The van der Waals surface area contributed by atoms with Gasteiger partial charge in [-0.15, -0.1) is 0 Å². The summed E-state index contributed by atoms with van der Waals surface area (Å²) >= 11 is 1.17. The molecule has 0 fully saturated rings. The van der Waals surface area contributed by atoms with Gasteiger partial charge in [0.05, 0.1) is 0 Å². The lowest BCUT2D eigenvalue weighted by Gasteiger charge is -2.16. The molecule has 2 rings (SSSR count). The predicted octanol–water partition coefficient (Wildman–Crippen LogP) is 2.73. The van der Waals surface area contributed by atoms with Crippen LogP contribution in [-0.4, -0.2) is 26.5 Å². The van der Waals surface area contributed by atoms with Crippen LogP contribution in [-0.2, 0) is 4.79 Å². The smallest absolute Gasteiger partial charge is 0.326 e. The van der Waals surface area contributed by atoms with E-state index in [2.05, 4.69) is 14.7 Å². The van der Waals surface area contributed by atoms with Gasteiger partial charge in [0.2, 0.25) is 5.13 Å². The Bertz CT molecular complexity index is 554. The van der Waals surface area contributed by atoms with E-state index in [1.54, 1.807) is 0 Å². The Balaban J connectivity index is 2.16. The number of nitrogens with zero attached hydrogens (tertiary/aromatic N) is 2. The fourth-order valence-corrected chi connectivity index (χ4v) is 2.26. The van der Waals surface area contributed by atoms with Gasteiger partial charge in [-0.3, -0.25) is 0 Å². The molecule has 100 valence electrons. The lowest BCUT2D eigenvalue weighted by Crippen LogP contribution is -2.34. The summed E-state index contributed by atoms with van der Waals surface area (Å²) in [5, 5.41) is 12.6. The van der Waals surface area contributed by atoms with Crippen molar-refractivity contribution in [3.8, 4) is 11.4 Å². The summed E-state index contributed by atoms with van der Waals surface area (Å²) in [6.07, 6.45) is 0. The topological polar surface area (TPSA) is 75.1 Å². The van der Waals surface area contributed by atoms with Crippen molar-refractivity contribution < 1.29 is 9.90 Å². The second kappa shape index (κ2) is 5.79. The summed E-state index contributed by atoms with van der Waals surface area (Å²) in [6.45, 7) is 3.70. The molecular weight excluding hydrogens is 262 g/mol. The molecule has 1 heterocycles. The minimum atomic E-state index is -0.883. The summed E-state index contributed by atoms with van der Waals surface area (Å²) < 4.78 is 4.23. The van der Waals surface area contributed by atoms with Gasteiger partial charge in [-0.1, -0.05) is 44.2 Å². The molecule has 0 unspecified atom stereocenters. The zero-order valence-electron chi connectivity index (χ0n) is 10.7. The molecule has 0 saturated heterocycles. The maximum atomic E-state index is 11.1. The fraction of sp³-hybridized carbons (Fsp3) is 0.308. The van der Waals surface area contributed by atoms with Crippen molar-refractivity contribution in [3.05, 3.63) is 30.3 Å². The summed E-state index contributed by atoms with van der Waals surface area (Å²) in [5.41, 5.74) is 0.920. The van der Waals surface area contributed by atoms with Crippen molar-refractivity contribution >= 4 is 22.6 Å². The molecule has 2 aromatic rings. The fourth-order valence-electron chi connectivity index (χ4n) is 1.63. The van der Waals surface area contributed by atoms with Crippen molar-refractivity contribution in [1.29, 1.82) is 0 Å². The first kappa shape index (κ1) is 13.5. The van der Waals surface area contributed by atoms with Crippen molar-refractivity contribution in [2.45, 2.75) is 19.9 Å². The molecule has 0 aliphatic heterocycles. The molecule has 1 aromatic carbocycles. The molecule has 19 heavy (non-hydrogen) atoms. The van der Waals surface area contributed by atoms with E-state index in [0.29, 0.717) is 11.0 Å². The van der Waals surface area contributed by atoms with E-state index in [-0.39, 0.29) is 5.92 Å². The first-order valence-electron chi connectivity index (χ1n) is 5.96. The second-order valence-electron chi connectivity index (χ2n) is 4.49. The SMILES string of the molecule is CC(C)[C@H](Nc1nc(-c2ccccc2)ns1)C(=O)O. The number of carboxylic acid groups (broad SMARTS) is 1. The Morgan fingerprint density at radius 2 is 2.00 bits per heavy atom. The van der Waals surface area contributed by atoms with Gasteiger partial charge in [0.15, 0.2) is 5.82 Å². The van der Waals surface area contributed by atoms with Gasteiger partial charge in [-0.25, -0.2) is 4.79 Å². The van der Waals surface area contributed by atoms with Crippen LogP contribution in [0.5, 0.6) is 0 Å². The second-order valence-corrected chi connectivity index (χ2v) is 5.25. The minimum Gasteiger partial charge on any atom is -0.480 e. The molecule has 0 radical (unpaired) electrons. The van der Waals surface area contributed by atoms with E-state index in [4.69, 9.17) is 5.11 Å². The number of anilines is 1. The highest BCUT2D eigenvalue weighted by Gasteiger charge is 2.22. The molecule has 0 aliphatic rings. The quantitative estimate of drug-likeness (QED) is 0.879. The molecule has 0 bridgehead atoms. The Morgan fingerprint density at radius 1 is 1.32 bits per heavy atom. The molecule has 6 heteroatoms. The number of aromatic nitrogens is 2. The summed E-state index contributed by atoms with van der Waals surface area (Å²) in [7, 11) is 0. The number of hydrogen-bond donors (Lipinski definition) is 2.